The standard InChI is InChI=1S/C16H22N2O3.ClH/c1-4-19-15-7-6-13(9-16(15)20-5-2)10-17-11-14-8-12(3)21-18-14;/h6-9,17H,4-5,10-11H2,1-3H3;1H. The Hall–Kier alpha value is -1.72. The Bertz CT molecular complexity index is 572. The van der Waals surface area contributed by atoms with Crippen molar-refractivity contribution in [3.8, 4) is 11.5 Å². The summed E-state index contributed by atoms with van der Waals surface area (Å²) < 4.78 is 16.2. The van der Waals surface area contributed by atoms with Crippen LogP contribution in [0.5, 0.6) is 11.5 Å². The molecule has 5 nitrogen and oxygen atoms in total. The van der Waals surface area contributed by atoms with E-state index in [4.69, 9.17) is 14.0 Å². The Labute approximate surface area is 137 Å². The SMILES string of the molecule is CCOc1ccc(CNCc2cc(C)on2)cc1OCC.Cl. The molecule has 2 rings (SSSR count). The van der Waals surface area contributed by atoms with Crippen molar-refractivity contribution < 1.29 is 14.0 Å². The fourth-order valence-electron chi connectivity index (χ4n) is 2.04. The van der Waals surface area contributed by atoms with Crippen molar-refractivity contribution >= 4 is 12.4 Å². The Morgan fingerprint density at radius 3 is 2.41 bits per heavy atom. The first-order chi connectivity index (χ1) is 10.2. The number of ether oxygens (including phenoxy) is 2. The van der Waals surface area contributed by atoms with Crippen molar-refractivity contribution in [2.24, 2.45) is 0 Å². The second-order valence-corrected chi connectivity index (χ2v) is 4.68. The molecule has 0 atom stereocenters. The molecule has 1 aromatic carbocycles. The first kappa shape index (κ1) is 18.3. The van der Waals surface area contributed by atoms with Gasteiger partial charge in [-0.2, -0.15) is 0 Å². The van der Waals surface area contributed by atoms with Crippen LogP contribution in [0.25, 0.3) is 0 Å². The van der Waals surface area contributed by atoms with Crippen molar-refractivity contribution in [2.75, 3.05) is 13.2 Å². The van der Waals surface area contributed by atoms with Crippen LogP contribution in [-0.4, -0.2) is 18.4 Å². The summed E-state index contributed by atoms with van der Waals surface area (Å²) in [7, 11) is 0. The van der Waals surface area contributed by atoms with E-state index in [2.05, 4.69) is 10.5 Å². The van der Waals surface area contributed by atoms with E-state index in [0.717, 1.165) is 35.1 Å². The normalized spacial score (nSPS) is 10.1. The minimum absolute atomic E-state index is 0. The number of hydrogen-bond acceptors (Lipinski definition) is 5. The highest BCUT2D eigenvalue weighted by Gasteiger charge is 2.06. The molecule has 1 aromatic heterocycles. The van der Waals surface area contributed by atoms with Gasteiger partial charge >= 0.3 is 0 Å². The van der Waals surface area contributed by atoms with Crippen molar-refractivity contribution in [3.63, 3.8) is 0 Å². The zero-order valence-corrected chi connectivity index (χ0v) is 14.0. The van der Waals surface area contributed by atoms with Crippen molar-refractivity contribution in [3.05, 3.63) is 41.3 Å². The summed E-state index contributed by atoms with van der Waals surface area (Å²) in [6.45, 7) is 8.47. The van der Waals surface area contributed by atoms with E-state index < -0.39 is 0 Å². The van der Waals surface area contributed by atoms with Crippen LogP contribution in [0.2, 0.25) is 0 Å². The van der Waals surface area contributed by atoms with Gasteiger partial charge in [-0.3, -0.25) is 0 Å². The third-order valence-corrected chi connectivity index (χ3v) is 2.92. The lowest BCUT2D eigenvalue weighted by Crippen LogP contribution is -2.13. The van der Waals surface area contributed by atoms with Crippen molar-refractivity contribution in [2.45, 2.75) is 33.9 Å². The zero-order valence-electron chi connectivity index (χ0n) is 13.2. The second-order valence-electron chi connectivity index (χ2n) is 4.68. The minimum Gasteiger partial charge on any atom is -0.490 e. The highest BCUT2D eigenvalue weighted by Crippen LogP contribution is 2.28. The van der Waals surface area contributed by atoms with Gasteiger partial charge in [0.1, 0.15) is 5.76 Å². The molecule has 2 aromatic rings. The number of nitrogens with one attached hydrogen (secondary N) is 1. The van der Waals surface area contributed by atoms with Gasteiger partial charge in [0.05, 0.1) is 18.9 Å². The van der Waals surface area contributed by atoms with E-state index in [1.165, 1.54) is 0 Å². The summed E-state index contributed by atoms with van der Waals surface area (Å²) in [5, 5.41) is 7.28. The molecule has 0 amide bonds. The molecule has 0 aliphatic rings. The molecule has 22 heavy (non-hydrogen) atoms. The van der Waals surface area contributed by atoms with E-state index in [9.17, 15) is 0 Å². The number of benzene rings is 1. The van der Waals surface area contributed by atoms with Crippen LogP contribution in [0.3, 0.4) is 0 Å². The molecule has 0 aliphatic heterocycles. The van der Waals surface area contributed by atoms with Crippen LogP contribution in [0, 0.1) is 6.92 Å². The van der Waals surface area contributed by atoms with E-state index >= 15 is 0 Å². The first-order valence-corrected chi connectivity index (χ1v) is 7.24. The number of halogens is 1. The van der Waals surface area contributed by atoms with Crippen LogP contribution >= 0.6 is 12.4 Å². The molecule has 0 spiro atoms. The van der Waals surface area contributed by atoms with Gasteiger partial charge < -0.3 is 19.3 Å². The van der Waals surface area contributed by atoms with Gasteiger partial charge in [0.2, 0.25) is 0 Å². The maximum absolute atomic E-state index is 5.62. The molecule has 122 valence electrons. The van der Waals surface area contributed by atoms with E-state index in [1.54, 1.807) is 0 Å². The van der Waals surface area contributed by atoms with Crippen LogP contribution in [0.15, 0.2) is 28.8 Å². The Balaban J connectivity index is 0.00000242. The smallest absolute Gasteiger partial charge is 0.161 e. The maximum atomic E-state index is 5.62. The highest BCUT2D eigenvalue weighted by atomic mass is 35.5. The molecule has 0 radical (unpaired) electrons. The largest absolute Gasteiger partial charge is 0.490 e. The lowest BCUT2D eigenvalue weighted by Gasteiger charge is -2.12. The Morgan fingerprint density at radius 2 is 1.77 bits per heavy atom. The predicted molar refractivity (Wildman–Crippen MR) is 87.8 cm³/mol. The second kappa shape index (κ2) is 9.33. The third kappa shape index (κ3) is 5.24. The molecular formula is C16H23ClN2O3. The maximum Gasteiger partial charge on any atom is 0.161 e. The van der Waals surface area contributed by atoms with Gasteiger partial charge in [0.15, 0.2) is 11.5 Å². The summed E-state index contributed by atoms with van der Waals surface area (Å²) in [6.07, 6.45) is 0. The number of rotatable bonds is 8. The number of aryl methyl sites for hydroxylation is 1. The summed E-state index contributed by atoms with van der Waals surface area (Å²) in [5.41, 5.74) is 2.05. The summed E-state index contributed by atoms with van der Waals surface area (Å²) >= 11 is 0. The molecule has 0 bridgehead atoms. The van der Waals surface area contributed by atoms with Gasteiger partial charge in [-0.05, 0) is 38.5 Å². The zero-order chi connectivity index (χ0) is 15.1. The predicted octanol–water partition coefficient (Wildman–Crippen LogP) is 3.49. The number of nitrogens with zero attached hydrogens (tertiary/aromatic N) is 1. The number of hydrogen-bond donors (Lipinski definition) is 1. The van der Waals surface area contributed by atoms with Crippen LogP contribution in [0.1, 0.15) is 30.9 Å². The Morgan fingerprint density at radius 1 is 1.05 bits per heavy atom. The molecule has 0 fully saturated rings. The van der Waals surface area contributed by atoms with Crippen molar-refractivity contribution in [1.82, 2.24) is 10.5 Å². The average Bonchev–Trinajstić information content (AvgIpc) is 2.88. The summed E-state index contributed by atoms with van der Waals surface area (Å²) in [4.78, 5) is 0. The summed E-state index contributed by atoms with van der Waals surface area (Å²) in [5.74, 6) is 2.40. The van der Waals surface area contributed by atoms with Crippen LogP contribution < -0.4 is 14.8 Å². The fourth-order valence-corrected chi connectivity index (χ4v) is 2.04. The van der Waals surface area contributed by atoms with Gasteiger partial charge in [-0.1, -0.05) is 11.2 Å². The first-order valence-electron chi connectivity index (χ1n) is 7.24. The van der Waals surface area contributed by atoms with E-state index in [0.29, 0.717) is 19.8 Å². The summed E-state index contributed by atoms with van der Waals surface area (Å²) in [6, 6.07) is 7.92. The Kier molecular flexibility index (Phi) is 7.77. The lowest BCUT2D eigenvalue weighted by atomic mass is 10.2. The molecular weight excluding hydrogens is 304 g/mol. The lowest BCUT2D eigenvalue weighted by molar-refractivity contribution is 0.287. The van der Waals surface area contributed by atoms with Gasteiger partial charge in [-0.15, -0.1) is 12.4 Å². The van der Waals surface area contributed by atoms with Crippen LogP contribution in [-0.2, 0) is 13.1 Å². The topological polar surface area (TPSA) is 56.5 Å². The van der Waals surface area contributed by atoms with Gasteiger partial charge in [0, 0.05) is 19.2 Å². The third-order valence-electron chi connectivity index (χ3n) is 2.92. The van der Waals surface area contributed by atoms with Crippen molar-refractivity contribution in [1.29, 1.82) is 0 Å². The van der Waals surface area contributed by atoms with E-state index in [-0.39, 0.29) is 12.4 Å². The molecule has 1 N–H and O–H groups in total. The van der Waals surface area contributed by atoms with Crippen LogP contribution in [0.4, 0.5) is 0 Å². The average molecular weight is 327 g/mol. The molecule has 0 unspecified atom stereocenters. The minimum atomic E-state index is 0. The molecule has 0 aliphatic carbocycles. The molecule has 6 heteroatoms. The quantitative estimate of drug-likeness (QED) is 0.804. The molecule has 0 saturated heterocycles. The fraction of sp³-hybridized carbons (Fsp3) is 0.438. The highest BCUT2D eigenvalue weighted by molar-refractivity contribution is 5.85. The molecule has 1 heterocycles. The van der Waals surface area contributed by atoms with E-state index in [1.807, 2.05) is 45.0 Å². The molecule has 0 saturated carbocycles. The van der Waals surface area contributed by atoms with Gasteiger partial charge in [-0.25, -0.2) is 0 Å². The number of aromatic nitrogens is 1. The monoisotopic (exact) mass is 326 g/mol. The van der Waals surface area contributed by atoms with Gasteiger partial charge in [0.25, 0.3) is 0 Å².